The van der Waals surface area contributed by atoms with Gasteiger partial charge in [0.1, 0.15) is 17.6 Å². The maximum Gasteiger partial charge on any atom is 0.250 e. The number of hydrogen-bond acceptors (Lipinski definition) is 5. The van der Waals surface area contributed by atoms with Crippen LogP contribution in [0, 0.1) is 5.92 Å². The van der Waals surface area contributed by atoms with E-state index in [9.17, 15) is 4.79 Å². The summed E-state index contributed by atoms with van der Waals surface area (Å²) in [6.45, 7) is 2.19. The van der Waals surface area contributed by atoms with E-state index >= 15 is 0 Å². The first kappa shape index (κ1) is 12.2. The molecular weight excluding hydrogens is 244 g/mol. The highest BCUT2D eigenvalue weighted by Crippen LogP contribution is 2.42. The number of carbonyl (C=O) groups excluding carboxylic acids is 1. The van der Waals surface area contributed by atoms with Gasteiger partial charge in [-0.1, -0.05) is 19.8 Å². The normalized spacial score (nSPS) is 29.4. The molecule has 1 amide bonds. The first-order chi connectivity index (χ1) is 9.14. The molecule has 2 atom stereocenters. The van der Waals surface area contributed by atoms with Gasteiger partial charge in [0.05, 0.1) is 7.11 Å². The molecule has 0 saturated heterocycles. The predicted molar refractivity (Wildman–Crippen MR) is 71.2 cm³/mol. The average molecular weight is 262 g/mol. The summed E-state index contributed by atoms with van der Waals surface area (Å²) in [5.74, 6) is 1.59. The fraction of sp³-hybridized carbons (Fsp3) is 0.615. The third-order valence-corrected chi connectivity index (χ3v) is 4.03. The van der Waals surface area contributed by atoms with Crippen LogP contribution in [0.2, 0.25) is 0 Å². The van der Waals surface area contributed by atoms with Crippen LogP contribution < -0.4 is 15.4 Å². The molecule has 0 aromatic carbocycles. The molecule has 3 rings (SSSR count). The lowest BCUT2D eigenvalue weighted by molar-refractivity contribution is -0.122. The molecule has 19 heavy (non-hydrogen) atoms. The lowest BCUT2D eigenvalue weighted by Crippen LogP contribution is -2.55. The van der Waals surface area contributed by atoms with Gasteiger partial charge in [0.2, 0.25) is 11.8 Å². The summed E-state index contributed by atoms with van der Waals surface area (Å²) in [5, 5.41) is 6.23. The molecule has 1 spiro atoms. The molecule has 2 heterocycles. The second kappa shape index (κ2) is 4.36. The molecule has 0 bridgehead atoms. The number of amides is 1. The standard InChI is InChI=1S/C13H18N4O2/c1-8-4-3-5-13(6-8)12(18)16-9-10(17-13)14-7-15-11(9)19-2/h7-8H,3-6H2,1-2H3,(H,16,18)(H,14,15,17). The highest BCUT2D eigenvalue weighted by atomic mass is 16.5. The van der Waals surface area contributed by atoms with Crippen molar-refractivity contribution >= 4 is 17.4 Å². The largest absolute Gasteiger partial charge is 0.479 e. The number of rotatable bonds is 1. The lowest BCUT2D eigenvalue weighted by Gasteiger charge is -2.42. The molecule has 0 radical (unpaired) electrons. The van der Waals surface area contributed by atoms with Gasteiger partial charge in [-0.2, -0.15) is 4.98 Å². The predicted octanol–water partition coefficient (Wildman–Crippen LogP) is 1.80. The quantitative estimate of drug-likeness (QED) is 0.807. The lowest BCUT2D eigenvalue weighted by atomic mass is 9.75. The fourth-order valence-corrected chi connectivity index (χ4v) is 3.12. The number of ether oxygens (including phenoxy) is 1. The first-order valence-electron chi connectivity index (χ1n) is 6.63. The Kier molecular flexibility index (Phi) is 2.80. The second-order valence-corrected chi connectivity index (χ2v) is 5.47. The number of aromatic nitrogens is 2. The summed E-state index contributed by atoms with van der Waals surface area (Å²) in [5.41, 5.74) is 0.0168. The van der Waals surface area contributed by atoms with Crippen molar-refractivity contribution in [1.82, 2.24) is 9.97 Å². The SMILES string of the molecule is COc1ncnc2c1NC(=O)C1(CCCC(C)C1)N2. The van der Waals surface area contributed by atoms with Gasteiger partial charge >= 0.3 is 0 Å². The van der Waals surface area contributed by atoms with E-state index in [1.807, 2.05) is 0 Å². The third-order valence-electron chi connectivity index (χ3n) is 4.03. The van der Waals surface area contributed by atoms with Gasteiger partial charge in [-0.15, -0.1) is 0 Å². The zero-order valence-corrected chi connectivity index (χ0v) is 11.2. The van der Waals surface area contributed by atoms with Gasteiger partial charge in [-0.05, 0) is 18.8 Å². The van der Waals surface area contributed by atoms with Crippen LogP contribution in [0.4, 0.5) is 11.5 Å². The van der Waals surface area contributed by atoms with Crippen LogP contribution >= 0.6 is 0 Å². The van der Waals surface area contributed by atoms with E-state index in [1.165, 1.54) is 19.9 Å². The Balaban J connectivity index is 1.98. The van der Waals surface area contributed by atoms with E-state index in [4.69, 9.17) is 4.74 Å². The number of methoxy groups -OCH3 is 1. The summed E-state index contributed by atoms with van der Waals surface area (Å²) in [6.07, 6.45) is 5.36. The fourth-order valence-electron chi connectivity index (χ4n) is 3.12. The summed E-state index contributed by atoms with van der Waals surface area (Å²) < 4.78 is 5.15. The summed E-state index contributed by atoms with van der Waals surface area (Å²) in [6, 6.07) is 0. The minimum atomic E-state index is -0.524. The molecule has 6 heteroatoms. The van der Waals surface area contributed by atoms with Crippen molar-refractivity contribution in [1.29, 1.82) is 0 Å². The number of anilines is 2. The third kappa shape index (κ3) is 1.91. The Hall–Kier alpha value is -1.85. The van der Waals surface area contributed by atoms with E-state index in [2.05, 4.69) is 27.5 Å². The van der Waals surface area contributed by atoms with E-state index in [1.54, 1.807) is 0 Å². The first-order valence-corrected chi connectivity index (χ1v) is 6.63. The van der Waals surface area contributed by atoms with Crippen LogP contribution in [0.3, 0.4) is 0 Å². The molecule has 2 N–H and O–H groups in total. The Morgan fingerprint density at radius 2 is 2.32 bits per heavy atom. The van der Waals surface area contributed by atoms with Gasteiger partial charge in [0, 0.05) is 0 Å². The molecule has 2 aliphatic rings. The molecule has 1 aliphatic heterocycles. The van der Waals surface area contributed by atoms with Crippen molar-refractivity contribution < 1.29 is 9.53 Å². The van der Waals surface area contributed by atoms with Crippen molar-refractivity contribution in [2.24, 2.45) is 5.92 Å². The minimum Gasteiger partial charge on any atom is -0.479 e. The molecule has 1 fully saturated rings. The summed E-state index contributed by atoms with van der Waals surface area (Å²) >= 11 is 0. The minimum absolute atomic E-state index is 0.000324. The highest BCUT2D eigenvalue weighted by molar-refractivity contribution is 6.06. The van der Waals surface area contributed by atoms with Crippen LogP contribution in [-0.4, -0.2) is 28.5 Å². The van der Waals surface area contributed by atoms with Crippen LogP contribution in [0.1, 0.15) is 32.6 Å². The van der Waals surface area contributed by atoms with Gasteiger partial charge in [0.25, 0.3) is 0 Å². The van der Waals surface area contributed by atoms with Crippen LogP contribution in [0.15, 0.2) is 6.33 Å². The Labute approximate surface area is 112 Å². The van der Waals surface area contributed by atoms with Crippen LogP contribution in [0.25, 0.3) is 0 Å². The average Bonchev–Trinajstić information content (AvgIpc) is 2.39. The number of carbonyl (C=O) groups is 1. The van der Waals surface area contributed by atoms with Crippen LogP contribution in [-0.2, 0) is 4.79 Å². The smallest absolute Gasteiger partial charge is 0.250 e. The van der Waals surface area contributed by atoms with Crippen LogP contribution in [0.5, 0.6) is 5.88 Å². The van der Waals surface area contributed by atoms with Crippen molar-refractivity contribution in [3.05, 3.63) is 6.33 Å². The number of nitrogens with zero attached hydrogens (tertiary/aromatic N) is 2. The summed E-state index contributed by atoms with van der Waals surface area (Å²) in [7, 11) is 1.53. The molecule has 1 aliphatic carbocycles. The zero-order valence-electron chi connectivity index (χ0n) is 11.2. The second-order valence-electron chi connectivity index (χ2n) is 5.47. The monoisotopic (exact) mass is 262 g/mol. The number of hydrogen-bond donors (Lipinski definition) is 2. The highest BCUT2D eigenvalue weighted by Gasteiger charge is 2.45. The topological polar surface area (TPSA) is 76.1 Å². The van der Waals surface area contributed by atoms with Crippen molar-refractivity contribution in [3.8, 4) is 5.88 Å². The maximum atomic E-state index is 12.5. The van der Waals surface area contributed by atoms with E-state index in [-0.39, 0.29) is 5.91 Å². The molecule has 2 unspecified atom stereocenters. The van der Waals surface area contributed by atoms with E-state index in [0.717, 1.165) is 19.3 Å². The Morgan fingerprint density at radius 3 is 3.05 bits per heavy atom. The molecule has 102 valence electrons. The summed E-state index contributed by atoms with van der Waals surface area (Å²) in [4.78, 5) is 20.7. The van der Waals surface area contributed by atoms with E-state index in [0.29, 0.717) is 23.3 Å². The Morgan fingerprint density at radius 1 is 1.47 bits per heavy atom. The van der Waals surface area contributed by atoms with Gasteiger partial charge in [-0.3, -0.25) is 4.79 Å². The van der Waals surface area contributed by atoms with Gasteiger partial charge in [-0.25, -0.2) is 4.98 Å². The number of fused-ring (bicyclic) bond motifs is 1. The van der Waals surface area contributed by atoms with Gasteiger partial charge < -0.3 is 15.4 Å². The van der Waals surface area contributed by atoms with Gasteiger partial charge in [0.15, 0.2) is 5.82 Å². The van der Waals surface area contributed by atoms with Crippen molar-refractivity contribution in [2.45, 2.75) is 38.1 Å². The Bertz CT molecular complexity index is 519. The van der Waals surface area contributed by atoms with Crippen molar-refractivity contribution in [2.75, 3.05) is 17.7 Å². The molecule has 1 saturated carbocycles. The zero-order chi connectivity index (χ0) is 13.5. The molecule has 6 nitrogen and oxygen atoms in total. The van der Waals surface area contributed by atoms with Crippen molar-refractivity contribution in [3.63, 3.8) is 0 Å². The molecular formula is C13H18N4O2. The maximum absolute atomic E-state index is 12.5. The van der Waals surface area contributed by atoms with E-state index < -0.39 is 5.54 Å². The molecule has 1 aromatic heterocycles. The number of nitrogens with one attached hydrogen (secondary N) is 2. The molecule has 1 aromatic rings.